The molecule has 4 aromatic rings. The van der Waals surface area contributed by atoms with E-state index < -0.39 is 29.5 Å². The van der Waals surface area contributed by atoms with Gasteiger partial charge in [0.2, 0.25) is 17.7 Å². The fraction of sp³-hybridized carbons (Fsp3) is 0.474. The van der Waals surface area contributed by atoms with Crippen molar-refractivity contribution >= 4 is 57.7 Å². The standard InChI is InChI=1S/C38H45Cl2N5O6/c1-6-21(3)26(36-45-44-32(51-36)15-23(5)46)18-31(47)38(14-13-30-28(19-38)27-16-25(39)17-29(40)34(27)41-30)43-35(48)33(22(4)7-2)42-37(49)50-20-24-11-9-8-10-12-24/h8-12,16-17,21-22,26,33,41H,6-7,13-15,18-20H2,1-5H3,(H,42,49)(H,43,48)/t21?,22?,26-,33-,38-/m0/s1. The summed E-state index contributed by atoms with van der Waals surface area (Å²) in [6.07, 6.45) is 1.47. The fourth-order valence-corrected chi connectivity index (χ4v) is 7.25. The molecule has 0 bridgehead atoms. The predicted octanol–water partition coefficient (Wildman–Crippen LogP) is 7.46. The van der Waals surface area contributed by atoms with Crippen LogP contribution in [-0.4, -0.2) is 50.3 Å². The Morgan fingerprint density at radius 3 is 2.45 bits per heavy atom. The van der Waals surface area contributed by atoms with E-state index in [4.69, 9.17) is 32.4 Å². The third-order valence-corrected chi connectivity index (χ3v) is 10.6. The van der Waals surface area contributed by atoms with E-state index in [2.05, 4.69) is 25.8 Å². The average Bonchev–Trinajstić information content (AvgIpc) is 3.72. The van der Waals surface area contributed by atoms with Crippen LogP contribution in [0.3, 0.4) is 0 Å². The van der Waals surface area contributed by atoms with Crippen LogP contribution < -0.4 is 10.6 Å². The van der Waals surface area contributed by atoms with Crippen LogP contribution in [0.1, 0.15) is 94.8 Å². The Hall–Kier alpha value is -4.22. The molecule has 5 rings (SSSR count). The molecule has 0 aliphatic heterocycles. The summed E-state index contributed by atoms with van der Waals surface area (Å²) in [6, 6.07) is 11.7. The molecule has 2 amide bonds. The maximum atomic E-state index is 14.9. The molecule has 5 atom stereocenters. The lowest BCUT2D eigenvalue weighted by atomic mass is 9.73. The van der Waals surface area contributed by atoms with Crippen LogP contribution in [0.15, 0.2) is 46.9 Å². The van der Waals surface area contributed by atoms with Crippen molar-refractivity contribution in [3.8, 4) is 0 Å². The summed E-state index contributed by atoms with van der Waals surface area (Å²) < 4.78 is 11.4. The van der Waals surface area contributed by atoms with Gasteiger partial charge in [-0.25, -0.2) is 4.79 Å². The Kier molecular flexibility index (Phi) is 12.2. The Morgan fingerprint density at radius 2 is 1.76 bits per heavy atom. The minimum absolute atomic E-state index is 0.000408. The van der Waals surface area contributed by atoms with E-state index in [1.165, 1.54) is 6.92 Å². The van der Waals surface area contributed by atoms with Crippen molar-refractivity contribution < 1.29 is 28.3 Å². The molecule has 272 valence electrons. The number of ketones is 2. The molecule has 51 heavy (non-hydrogen) atoms. The second-order valence-electron chi connectivity index (χ2n) is 13.7. The third kappa shape index (κ3) is 8.81. The van der Waals surface area contributed by atoms with Gasteiger partial charge in [-0.1, -0.05) is 94.1 Å². The van der Waals surface area contributed by atoms with E-state index in [1.807, 2.05) is 64.1 Å². The molecule has 1 aliphatic rings. The number of ether oxygens (including phenoxy) is 1. The first kappa shape index (κ1) is 38.0. The number of aromatic amines is 1. The zero-order chi connectivity index (χ0) is 36.9. The molecule has 2 aromatic heterocycles. The molecule has 2 heterocycles. The summed E-state index contributed by atoms with van der Waals surface area (Å²) >= 11 is 13.0. The van der Waals surface area contributed by atoms with Gasteiger partial charge in [0.05, 0.1) is 17.0 Å². The first-order valence-corrected chi connectivity index (χ1v) is 18.2. The number of aromatic nitrogens is 3. The summed E-state index contributed by atoms with van der Waals surface area (Å²) in [5.41, 5.74) is 1.92. The molecule has 3 N–H and O–H groups in total. The van der Waals surface area contributed by atoms with Crippen LogP contribution in [0.2, 0.25) is 10.0 Å². The highest BCUT2D eigenvalue weighted by Crippen LogP contribution is 2.40. The van der Waals surface area contributed by atoms with E-state index in [1.54, 1.807) is 6.07 Å². The number of hydrogen-bond acceptors (Lipinski definition) is 8. The smallest absolute Gasteiger partial charge is 0.408 e. The van der Waals surface area contributed by atoms with Crippen molar-refractivity contribution in [2.24, 2.45) is 11.8 Å². The van der Waals surface area contributed by atoms with Gasteiger partial charge in [0.1, 0.15) is 24.0 Å². The summed E-state index contributed by atoms with van der Waals surface area (Å²) in [4.78, 5) is 57.4. The van der Waals surface area contributed by atoms with Gasteiger partial charge in [0.25, 0.3) is 0 Å². The van der Waals surface area contributed by atoms with Crippen molar-refractivity contribution in [2.45, 2.75) is 104 Å². The maximum Gasteiger partial charge on any atom is 0.408 e. The number of nitrogens with one attached hydrogen (secondary N) is 3. The van der Waals surface area contributed by atoms with Gasteiger partial charge in [0.15, 0.2) is 5.78 Å². The first-order valence-electron chi connectivity index (χ1n) is 17.5. The van der Waals surface area contributed by atoms with Crippen molar-refractivity contribution in [1.82, 2.24) is 25.8 Å². The van der Waals surface area contributed by atoms with Gasteiger partial charge in [-0.3, -0.25) is 14.4 Å². The van der Waals surface area contributed by atoms with Gasteiger partial charge in [-0.15, -0.1) is 10.2 Å². The fourth-order valence-electron chi connectivity index (χ4n) is 6.71. The molecule has 1 aliphatic carbocycles. The number of carbonyl (C=O) groups excluding carboxylic acids is 4. The summed E-state index contributed by atoms with van der Waals surface area (Å²) in [6.45, 7) is 9.30. The van der Waals surface area contributed by atoms with Crippen LogP contribution in [0.25, 0.3) is 10.9 Å². The first-order chi connectivity index (χ1) is 24.3. The largest absolute Gasteiger partial charge is 0.445 e. The summed E-state index contributed by atoms with van der Waals surface area (Å²) in [5.74, 6) is -1.13. The highest BCUT2D eigenvalue weighted by molar-refractivity contribution is 6.38. The molecule has 0 radical (unpaired) electrons. The molecule has 11 nitrogen and oxygen atoms in total. The Labute approximate surface area is 307 Å². The van der Waals surface area contributed by atoms with Crippen LogP contribution in [0.5, 0.6) is 0 Å². The van der Waals surface area contributed by atoms with Gasteiger partial charge < -0.3 is 24.8 Å². The lowest BCUT2D eigenvalue weighted by Gasteiger charge is -2.39. The second kappa shape index (κ2) is 16.4. The predicted molar refractivity (Wildman–Crippen MR) is 195 cm³/mol. The SMILES string of the molecule is CCC(C)[C@H](NC(=O)OCc1ccccc1)C(=O)N[C@@]1(C(=O)C[C@H](c2nnc(CC(C)=O)o2)C(C)CC)CCc2[nH]c3c(Cl)cc(Cl)cc3c2C1. The Balaban J connectivity index is 1.48. The Bertz CT molecular complexity index is 1890. The van der Waals surface area contributed by atoms with Gasteiger partial charge in [-0.2, -0.15) is 0 Å². The summed E-state index contributed by atoms with van der Waals surface area (Å²) in [5, 5.41) is 15.9. The minimum atomic E-state index is -1.36. The molecule has 0 saturated heterocycles. The van der Waals surface area contributed by atoms with Crippen molar-refractivity contribution in [3.63, 3.8) is 0 Å². The number of nitrogens with zero attached hydrogens (tertiary/aromatic N) is 2. The number of H-pyrrole nitrogens is 1. The molecule has 2 unspecified atom stereocenters. The van der Waals surface area contributed by atoms with E-state index >= 15 is 0 Å². The summed E-state index contributed by atoms with van der Waals surface area (Å²) in [7, 11) is 0. The van der Waals surface area contributed by atoms with Crippen LogP contribution in [-0.2, 0) is 45.0 Å². The third-order valence-electron chi connectivity index (χ3n) is 10.1. The normalized spacial score (nSPS) is 17.9. The Morgan fingerprint density at radius 1 is 1.04 bits per heavy atom. The molecular formula is C38H45Cl2N5O6. The quantitative estimate of drug-likeness (QED) is 0.114. The van der Waals surface area contributed by atoms with Crippen LogP contribution >= 0.6 is 23.2 Å². The molecule has 0 spiro atoms. The number of fused-ring (bicyclic) bond motifs is 3. The molecule has 0 fully saturated rings. The number of rotatable bonds is 15. The topological polar surface area (TPSA) is 156 Å². The van der Waals surface area contributed by atoms with E-state index in [9.17, 15) is 19.2 Å². The highest BCUT2D eigenvalue weighted by atomic mass is 35.5. The van der Waals surface area contributed by atoms with Gasteiger partial charge in [-0.05, 0) is 54.9 Å². The highest BCUT2D eigenvalue weighted by Gasteiger charge is 2.46. The maximum absolute atomic E-state index is 14.9. The zero-order valence-electron chi connectivity index (χ0n) is 29.6. The molecule has 0 saturated carbocycles. The number of aryl methyl sites for hydroxylation is 1. The minimum Gasteiger partial charge on any atom is -0.445 e. The van der Waals surface area contributed by atoms with Crippen LogP contribution in [0, 0.1) is 11.8 Å². The van der Waals surface area contributed by atoms with Crippen LogP contribution in [0.4, 0.5) is 4.79 Å². The lowest BCUT2D eigenvalue weighted by molar-refractivity contribution is -0.134. The number of hydrogen-bond donors (Lipinski definition) is 3. The second-order valence-corrected chi connectivity index (χ2v) is 14.6. The molecule has 13 heteroatoms. The van der Waals surface area contributed by atoms with Gasteiger partial charge in [0, 0.05) is 34.9 Å². The van der Waals surface area contributed by atoms with Crippen molar-refractivity contribution in [3.05, 3.63) is 81.1 Å². The number of carbonyl (C=O) groups is 4. The van der Waals surface area contributed by atoms with E-state index in [0.717, 1.165) is 28.6 Å². The number of halogens is 2. The number of benzene rings is 2. The molecule has 2 aromatic carbocycles. The number of amides is 2. The zero-order valence-corrected chi connectivity index (χ0v) is 31.1. The molecular weight excluding hydrogens is 693 g/mol. The van der Waals surface area contributed by atoms with Gasteiger partial charge >= 0.3 is 6.09 Å². The monoisotopic (exact) mass is 737 g/mol. The number of Topliss-reactive ketones (excluding diaryl/α,β-unsaturated/α-hetero) is 2. The average molecular weight is 739 g/mol. The van der Waals surface area contributed by atoms with E-state index in [-0.39, 0.29) is 61.1 Å². The van der Waals surface area contributed by atoms with Crippen molar-refractivity contribution in [1.29, 1.82) is 0 Å². The van der Waals surface area contributed by atoms with E-state index in [0.29, 0.717) is 34.8 Å². The lowest BCUT2D eigenvalue weighted by Crippen LogP contribution is -2.62. The number of alkyl carbamates (subject to hydrolysis) is 1. The van der Waals surface area contributed by atoms with Crippen molar-refractivity contribution in [2.75, 3.05) is 0 Å².